The number of aryl methyl sites for hydroxylation is 2. The average Bonchev–Trinajstić information content (AvgIpc) is 2.35. The van der Waals surface area contributed by atoms with Gasteiger partial charge in [0.2, 0.25) is 0 Å². The second-order valence-corrected chi connectivity index (χ2v) is 3.13. The van der Waals surface area contributed by atoms with E-state index in [0.717, 1.165) is 13.0 Å². The van der Waals surface area contributed by atoms with E-state index in [1.807, 2.05) is 0 Å². The fourth-order valence-electron chi connectivity index (χ4n) is 1.42. The van der Waals surface area contributed by atoms with Crippen LogP contribution in [0.2, 0.25) is 0 Å². The van der Waals surface area contributed by atoms with Crippen LogP contribution in [0.4, 0.5) is 0 Å². The highest BCUT2D eigenvalue weighted by atomic mass is 15.0. The van der Waals surface area contributed by atoms with Gasteiger partial charge in [0.25, 0.3) is 0 Å². The Balaban J connectivity index is 2.61. The van der Waals surface area contributed by atoms with Gasteiger partial charge >= 0.3 is 0 Å². The molecule has 1 heteroatoms. The van der Waals surface area contributed by atoms with E-state index in [-0.39, 0.29) is 0 Å². The van der Waals surface area contributed by atoms with Crippen molar-refractivity contribution in [3.8, 4) is 0 Å². The molecule has 0 bridgehead atoms. The van der Waals surface area contributed by atoms with Gasteiger partial charge in [-0.3, -0.25) is 0 Å². The van der Waals surface area contributed by atoms with Crippen molar-refractivity contribution >= 4 is 0 Å². The zero-order chi connectivity index (χ0) is 8.97. The topological polar surface area (TPSA) is 4.93 Å². The molecule has 1 nitrogen and oxygen atoms in total. The molecule has 0 spiro atoms. The van der Waals surface area contributed by atoms with E-state index in [1.165, 1.54) is 11.4 Å². The lowest BCUT2D eigenvalue weighted by atomic mass is 10.3. The van der Waals surface area contributed by atoms with Crippen molar-refractivity contribution in [3.05, 3.63) is 35.7 Å². The Kier molecular flexibility index (Phi) is 3.15. The molecule has 0 atom stereocenters. The van der Waals surface area contributed by atoms with Crippen LogP contribution in [-0.2, 0) is 6.54 Å². The average molecular weight is 163 g/mol. The van der Waals surface area contributed by atoms with Gasteiger partial charge in [0.1, 0.15) is 0 Å². The lowest BCUT2D eigenvalue weighted by Crippen LogP contribution is -2.00. The van der Waals surface area contributed by atoms with Gasteiger partial charge in [-0.05, 0) is 39.3 Å². The number of hydrogen-bond acceptors (Lipinski definition) is 0. The standard InChI is InChI=1S/C11H17N/c1-4-5-6-9-12-10(2)7-8-11(12)3/h4-5,7-8H,6,9H2,1-3H3/b5-4+. The molecule has 0 saturated carbocycles. The molecule has 12 heavy (non-hydrogen) atoms. The van der Waals surface area contributed by atoms with Crippen LogP contribution < -0.4 is 0 Å². The molecule has 1 rings (SSSR count). The molecule has 0 unspecified atom stereocenters. The summed E-state index contributed by atoms with van der Waals surface area (Å²) in [5.41, 5.74) is 2.72. The summed E-state index contributed by atoms with van der Waals surface area (Å²) in [6, 6.07) is 4.34. The summed E-state index contributed by atoms with van der Waals surface area (Å²) in [5.74, 6) is 0. The van der Waals surface area contributed by atoms with Crippen LogP contribution >= 0.6 is 0 Å². The number of hydrogen-bond donors (Lipinski definition) is 0. The third-order valence-electron chi connectivity index (χ3n) is 2.17. The van der Waals surface area contributed by atoms with Crippen molar-refractivity contribution in [2.45, 2.75) is 33.7 Å². The van der Waals surface area contributed by atoms with Gasteiger partial charge in [-0.25, -0.2) is 0 Å². The van der Waals surface area contributed by atoms with E-state index in [4.69, 9.17) is 0 Å². The van der Waals surface area contributed by atoms with Crippen LogP contribution in [0.25, 0.3) is 0 Å². The highest BCUT2D eigenvalue weighted by molar-refractivity contribution is 5.13. The molecule has 0 saturated heterocycles. The summed E-state index contributed by atoms with van der Waals surface area (Å²) in [6.45, 7) is 7.48. The first-order valence-corrected chi connectivity index (χ1v) is 4.49. The van der Waals surface area contributed by atoms with Crippen molar-refractivity contribution in [2.24, 2.45) is 0 Å². The van der Waals surface area contributed by atoms with Gasteiger partial charge in [0, 0.05) is 17.9 Å². The molecule has 0 aliphatic carbocycles. The third kappa shape index (κ3) is 2.00. The van der Waals surface area contributed by atoms with E-state index in [1.54, 1.807) is 0 Å². The highest BCUT2D eigenvalue weighted by Gasteiger charge is 1.97. The molecule has 0 N–H and O–H groups in total. The van der Waals surface area contributed by atoms with Crippen molar-refractivity contribution in [3.63, 3.8) is 0 Å². The molecule has 0 fully saturated rings. The Labute approximate surface area is 74.7 Å². The second kappa shape index (κ2) is 4.15. The van der Waals surface area contributed by atoms with Crippen molar-refractivity contribution in [1.82, 2.24) is 4.57 Å². The highest BCUT2D eigenvalue weighted by Crippen LogP contribution is 2.07. The minimum absolute atomic E-state index is 1.11. The molecular weight excluding hydrogens is 146 g/mol. The normalized spacial score (nSPS) is 11.2. The van der Waals surface area contributed by atoms with E-state index in [2.05, 4.69) is 49.6 Å². The predicted molar refractivity (Wildman–Crippen MR) is 53.3 cm³/mol. The van der Waals surface area contributed by atoms with Gasteiger partial charge in [-0.2, -0.15) is 0 Å². The SMILES string of the molecule is C/C=C/CCn1c(C)ccc1C. The van der Waals surface area contributed by atoms with Gasteiger partial charge in [-0.1, -0.05) is 12.2 Å². The molecule has 1 aromatic heterocycles. The first-order chi connectivity index (χ1) is 5.75. The molecular formula is C11H17N. The third-order valence-corrected chi connectivity index (χ3v) is 2.17. The monoisotopic (exact) mass is 163 g/mol. The lowest BCUT2D eigenvalue weighted by Gasteiger charge is -2.06. The van der Waals surface area contributed by atoms with Gasteiger partial charge in [0.15, 0.2) is 0 Å². The summed E-state index contributed by atoms with van der Waals surface area (Å²) in [5, 5.41) is 0. The Morgan fingerprint density at radius 1 is 1.25 bits per heavy atom. The zero-order valence-corrected chi connectivity index (χ0v) is 8.17. The minimum Gasteiger partial charge on any atom is -0.349 e. The molecule has 66 valence electrons. The van der Waals surface area contributed by atoms with E-state index >= 15 is 0 Å². The molecule has 0 aliphatic heterocycles. The van der Waals surface area contributed by atoms with Crippen LogP contribution in [0.3, 0.4) is 0 Å². The van der Waals surface area contributed by atoms with Gasteiger partial charge in [0.05, 0.1) is 0 Å². The van der Waals surface area contributed by atoms with Gasteiger partial charge in [-0.15, -0.1) is 0 Å². The van der Waals surface area contributed by atoms with Gasteiger partial charge < -0.3 is 4.57 Å². The maximum Gasteiger partial charge on any atom is 0.0259 e. The fraction of sp³-hybridized carbons (Fsp3) is 0.455. The van der Waals surface area contributed by atoms with E-state index in [9.17, 15) is 0 Å². The van der Waals surface area contributed by atoms with Crippen LogP contribution in [0.5, 0.6) is 0 Å². The Morgan fingerprint density at radius 3 is 2.33 bits per heavy atom. The molecule has 0 radical (unpaired) electrons. The van der Waals surface area contributed by atoms with Crippen LogP contribution in [-0.4, -0.2) is 4.57 Å². The summed E-state index contributed by atoms with van der Waals surface area (Å²) < 4.78 is 2.35. The van der Waals surface area contributed by atoms with Crippen LogP contribution in [0.15, 0.2) is 24.3 Å². The van der Waals surface area contributed by atoms with Crippen molar-refractivity contribution in [1.29, 1.82) is 0 Å². The second-order valence-electron chi connectivity index (χ2n) is 3.13. The summed E-state index contributed by atoms with van der Waals surface area (Å²) >= 11 is 0. The number of aromatic nitrogens is 1. The quantitative estimate of drug-likeness (QED) is 0.603. The number of allylic oxidation sites excluding steroid dienone is 2. The predicted octanol–water partition coefficient (Wildman–Crippen LogP) is 3.07. The summed E-state index contributed by atoms with van der Waals surface area (Å²) in [6.07, 6.45) is 5.44. The largest absolute Gasteiger partial charge is 0.349 e. The fourth-order valence-corrected chi connectivity index (χ4v) is 1.42. The number of rotatable bonds is 3. The number of nitrogens with zero attached hydrogens (tertiary/aromatic N) is 1. The molecule has 0 aromatic carbocycles. The molecule has 1 aromatic rings. The molecule has 0 aliphatic rings. The zero-order valence-electron chi connectivity index (χ0n) is 8.17. The van der Waals surface area contributed by atoms with Crippen molar-refractivity contribution in [2.75, 3.05) is 0 Å². The van der Waals surface area contributed by atoms with Crippen molar-refractivity contribution < 1.29 is 0 Å². The Bertz CT molecular complexity index is 249. The lowest BCUT2D eigenvalue weighted by molar-refractivity contribution is 0.674. The molecule has 0 amide bonds. The maximum atomic E-state index is 2.35. The van der Waals surface area contributed by atoms with E-state index in [0.29, 0.717) is 0 Å². The first kappa shape index (κ1) is 9.11. The van der Waals surface area contributed by atoms with E-state index < -0.39 is 0 Å². The minimum atomic E-state index is 1.11. The first-order valence-electron chi connectivity index (χ1n) is 4.49. The summed E-state index contributed by atoms with van der Waals surface area (Å²) in [7, 11) is 0. The molecule has 1 heterocycles. The smallest absolute Gasteiger partial charge is 0.0259 e. The maximum absolute atomic E-state index is 2.35. The van der Waals surface area contributed by atoms with Crippen LogP contribution in [0.1, 0.15) is 24.7 Å². The Hall–Kier alpha value is -0.980. The summed E-state index contributed by atoms with van der Waals surface area (Å²) in [4.78, 5) is 0. The van der Waals surface area contributed by atoms with Crippen LogP contribution in [0, 0.1) is 13.8 Å². The Morgan fingerprint density at radius 2 is 1.83 bits per heavy atom.